The van der Waals surface area contributed by atoms with Crippen molar-refractivity contribution in [3.8, 4) is 0 Å². The average molecular weight is 295 g/mol. The molecule has 0 atom stereocenters. The van der Waals surface area contributed by atoms with Gasteiger partial charge in [0.25, 0.3) is 0 Å². The van der Waals surface area contributed by atoms with Crippen LogP contribution in [-0.4, -0.2) is 29.7 Å². The molecule has 0 fully saturated rings. The third-order valence-electron chi connectivity index (χ3n) is 2.46. The number of methoxy groups -OCH3 is 1. The minimum atomic E-state index is -0.371. The zero-order chi connectivity index (χ0) is 13.8. The summed E-state index contributed by atoms with van der Waals surface area (Å²) >= 11 is 6.59. The monoisotopic (exact) mass is 295 g/mol. The van der Waals surface area contributed by atoms with Gasteiger partial charge in [-0.3, -0.25) is 4.79 Å². The van der Waals surface area contributed by atoms with E-state index in [1.54, 1.807) is 0 Å². The van der Waals surface area contributed by atoms with Crippen LogP contribution in [0.1, 0.15) is 5.56 Å². The summed E-state index contributed by atoms with van der Waals surface area (Å²) in [6, 6.07) is 6.02. The van der Waals surface area contributed by atoms with Crippen molar-refractivity contribution in [3.05, 3.63) is 23.8 Å². The van der Waals surface area contributed by atoms with Crippen molar-refractivity contribution in [3.63, 3.8) is 0 Å². The van der Waals surface area contributed by atoms with Gasteiger partial charge in [0.2, 0.25) is 0 Å². The van der Waals surface area contributed by atoms with Crippen molar-refractivity contribution in [2.24, 2.45) is 0 Å². The maximum atomic E-state index is 11.0. The number of aryl methyl sites for hydroxylation is 1. The molecule has 0 saturated carbocycles. The number of hydrogen-bond donors (Lipinski definition) is 2. The lowest BCUT2D eigenvalue weighted by Gasteiger charge is -2.06. The largest absolute Gasteiger partial charge is 0.468 e. The number of nitrogens with one attached hydrogen (secondary N) is 2. The fourth-order valence-corrected chi connectivity index (χ4v) is 2.69. The van der Waals surface area contributed by atoms with Crippen molar-refractivity contribution < 1.29 is 9.53 Å². The highest BCUT2D eigenvalue weighted by Crippen LogP contribution is 2.27. The third-order valence-corrected chi connectivity index (χ3v) is 3.64. The average Bonchev–Trinajstić information content (AvgIpc) is 2.80. The first-order chi connectivity index (χ1) is 9.10. The van der Waals surface area contributed by atoms with Crippen LogP contribution in [0.3, 0.4) is 0 Å². The normalized spacial score (nSPS) is 10.2. The molecule has 1 heterocycles. The molecular weight excluding hydrogens is 282 g/mol. The van der Waals surface area contributed by atoms with Crippen molar-refractivity contribution >= 4 is 50.0 Å². The summed E-state index contributed by atoms with van der Waals surface area (Å²) in [5.41, 5.74) is 2.08. The van der Waals surface area contributed by atoms with Crippen LogP contribution in [0.2, 0.25) is 0 Å². The first-order valence-electron chi connectivity index (χ1n) is 5.58. The van der Waals surface area contributed by atoms with E-state index in [-0.39, 0.29) is 12.5 Å². The van der Waals surface area contributed by atoms with Gasteiger partial charge in [-0.05, 0) is 30.8 Å². The number of carbonyl (C=O) groups is 1. The molecule has 0 aliphatic rings. The van der Waals surface area contributed by atoms with E-state index in [0.717, 1.165) is 15.8 Å². The number of thiocarbonyl (C=S) groups is 1. The lowest BCUT2D eigenvalue weighted by Crippen LogP contribution is -2.33. The zero-order valence-corrected chi connectivity index (χ0v) is 12.2. The molecule has 0 spiro atoms. The van der Waals surface area contributed by atoms with Crippen LogP contribution in [0.15, 0.2) is 18.2 Å². The van der Waals surface area contributed by atoms with Crippen LogP contribution in [0.5, 0.6) is 0 Å². The molecule has 2 N–H and O–H groups in total. The molecule has 0 radical (unpaired) electrons. The second-order valence-corrected chi connectivity index (χ2v) is 5.26. The predicted octanol–water partition coefficient (Wildman–Crippen LogP) is 2.06. The Morgan fingerprint density at radius 3 is 3.00 bits per heavy atom. The minimum absolute atomic E-state index is 0.0340. The quantitative estimate of drug-likeness (QED) is 0.667. The maximum absolute atomic E-state index is 11.0. The number of aromatic nitrogens is 1. The Morgan fingerprint density at radius 1 is 1.53 bits per heavy atom. The number of carbonyl (C=O) groups excluding carboxylic acids is 1. The van der Waals surface area contributed by atoms with Gasteiger partial charge in [0.1, 0.15) is 6.54 Å². The smallest absolute Gasteiger partial charge is 0.325 e. The van der Waals surface area contributed by atoms with Gasteiger partial charge in [0.15, 0.2) is 10.2 Å². The Balaban J connectivity index is 2.03. The van der Waals surface area contributed by atoms with E-state index in [1.807, 2.05) is 25.1 Å². The number of esters is 1. The standard InChI is InChI=1S/C12H13N3O2S2/c1-7-4-3-5-8-10(7)14-12(19-8)15-11(18)13-6-9(16)17-2/h3-5H,6H2,1-2H3,(H2,13,14,15,18). The number of fused-ring (bicyclic) bond motifs is 1. The molecule has 0 amide bonds. The molecule has 0 unspecified atom stereocenters. The van der Waals surface area contributed by atoms with E-state index in [1.165, 1.54) is 18.4 Å². The molecular formula is C12H13N3O2S2. The first-order valence-corrected chi connectivity index (χ1v) is 6.80. The molecule has 0 aliphatic heterocycles. The Bertz CT molecular complexity index is 624. The van der Waals surface area contributed by atoms with E-state index < -0.39 is 0 Å². The Kier molecular flexibility index (Phi) is 4.28. The highest BCUT2D eigenvalue weighted by atomic mass is 32.1. The molecule has 19 heavy (non-hydrogen) atoms. The molecule has 1 aromatic carbocycles. The van der Waals surface area contributed by atoms with E-state index in [9.17, 15) is 4.79 Å². The second-order valence-electron chi connectivity index (χ2n) is 3.82. The molecule has 2 rings (SSSR count). The third kappa shape index (κ3) is 3.39. The van der Waals surface area contributed by atoms with E-state index >= 15 is 0 Å². The van der Waals surface area contributed by atoms with Gasteiger partial charge < -0.3 is 15.4 Å². The Morgan fingerprint density at radius 2 is 2.32 bits per heavy atom. The highest BCUT2D eigenvalue weighted by Gasteiger charge is 2.07. The van der Waals surface area contributed by atoms with Crippen LogP contribution >= 0.6 is 23.6 Å². The van der Waals surface area contributed by atoms with Crippen LogP contribution in [0.25, 0.3) is 10.2 Å². The number of para-hydroxylation sites is 1. The molecule has 0 saturated heterocycles. The van der Waals surface area contributed by atoms with Gasteiger partial charge in [0, 0.05) is 0 Å². The first kappa shape index (κ1) is 13.7. The van der Waals surface area contributed by atoms with Crippen LogP contribution < -0.4 is 10.6 Å². The Hall–Kier alpha value is -1.73. The van der Waals surface area contributed by atoms with E-state index in [0.29, 0.717) is 10.2 Å². The minimum Gasteiger partial charge on any atom is -0.468 e. The predicted molar refractivity (Wildman–Crippen MR) is 80.6 cm³/mol. The molecule has 0 aliphatic carbocycles. The number of anilines is 1. The summed E-state index contributed by atoms with van der Waals surface area (Å²) in [7, 11) is 1.33. The van der Waals surface area contributed by atoms with Crippen molar-refractivity contribution in [2.45, 2.75) is 6.92 Å². The van der Waals surface area contributed by atoms with Gasteiger partial charge in [-0.2, -0.15) is 0 Å². The molecule has 7 heteroatoms. The summed E-state index contributed by atoms with van der Waals surface area (Å²) in [4.78, 5) is 15.4. The number of ether oxygens (including phenoxy) is 1. The van der Waals surface area contributed by atoms with Crippen molar-refractivity contribution in [1.29, 1.82) is 0 Å². The summed E-state index contributed by atoms with van der Waals surface area (Å²) < 4.78 is 5.61. The topological polar surface area (TPSA) is 63.2 Å². The van der Waals surface area contributed by atoms with Crippen molar-refractivity contribution in [2.75, 3.05) is 19.0 Å². The maximum Gasteiger partial charge on any atom is 0.325 e. The highest BCUT2D eigenvalue weighted by molar-refractivity contribution is 7.80. The van der Waals surface area contributed by atoms with E-state index in [2.05, 4.69) is 20.4 Å². The van der Waals surface area contributed by atoms with Crippen LogP contribution in [0.4, 0.5) is 5.13 Å². The SMILES string of the molecule is COC(=O)CNC(=S)Nc1nc2c(C)cccc2s1. The fraction of sp³-hybridized carbons (Fsp3) is 0.250. The number of thiazole rings is 1. The summed E-state index contributed by atoms with van der Waals surface area (Å²) in [5.74, 6) is -0.371. The van der Waals surface area contributed by atoms with Gasteiger partial charge in [-0.15, -0.1) is 0 Å². The van der Waals surface area contributed by atoms with Crippen LogP contribution in [0, 0.1) is 6.92 Å². The van der Waals surface area contributed by atoms with Gasteiger partial charge in [-0.1, -0.05) is 23.5 Å². The van der Waals surface area contributed by atoms with E-state index in [4.69, 9.17) is 12.2 Å². The van der Waals surface area contributed by atoms with Crippen LogP contribution in [-0.2, 0) is 9.53 Å². The lowest BCUT2D eigenvalue weighted by atomic mass is 10.2. The number of nitrogens with zero attached hydrogens (tertiary/aromatic N) is 1. The lowest BCUT2D eigenvalue weighted by molar-refractivity contribution is -0.139. The molecule has 100 valence electrons. The molecule has 5 nitrogen and oxygen atoms in total. The summed E-state index contributed by atoms with van der Waals surface area (Å²) in [6.45, 7) is 2.05. The van der Waals surface area contributed by atoms with Gasteiger partial charge in [0.05, 0.1) is 17.3 Å². The number of rotatable bonds is 3. The zero-order valence-electron chi connectivity index (χ0n) is 10.5. The second kappa shape index (κ2) is 5.94. The summed E-state index contributed by atoms with van der Waals surface area (Å²) in [6.07, 6.45) is 0. The Labute approximate surface area is 120 Å². The fourth-order valence-electron chi connectivity index (χ4n) is 1.51. The molecule has 2 aromatic rings. The van der Waals surface area contributed by atoms with Gasteiger partial charge in [-0.25, -0.2) is 4.98 Å². The summed E-state index contributed by atoms with van der Waals surface area (Å²) in [5, 5.41) is 6.76. The molecule has 0 bridgehead atoms. The number of benzene rings is 1. The molecule has 1 aromatic heterocycles. The van der Waals surface area contributed by atoms with Crippen molar-refractivity contribution in [1.82, 2.24) is 10.3 Å². The van der Waals surface area contributed by atoms with Gasteiger partial charge >= 0.3 is 5.97 Å². The number of hydrogen-bond acceptors (Lipinski definition) is 5.